The highest BCUT2D eigenvalue weighted by Crippen LogP contribution is 2.36. The van der Waals surface area contributed by atoms with Crippen LogP contribution in [0.4, 0.5) is 11.4 Å². The van der Waals surface area contributed by atoms with E-state index in [1.807, 2.05) is 24.3 Å². The minimum Gasteiger partial charge on any atom is -0.497 e. The number of piperazine rings is 1. The summed E-state index contributed by atoms with van der Waals surface area (Å²) in [6.07, 6.45) is 5.04. The molecule has 0 aliphatic carbocycles. The monoisotopic (exact) mass is 499 g/mol. The van der Waals surface area contributed by atoms with Crippen LogP contribution >= 0.6 is 0 Å². The number of benzene rings is 3. The predicted molar refractivity (Wildman–Crippen MR) is 151 cm³/mol. The summed E-state index contributed by atoms with van der Waals surface area (Å²) in [5.41, 5.74) is 5.09. The number of hydrogen-bond donors (Lipinski definition) is 1. The van der Waals surface area contributed by atoms with Crippen LogP contribution in [0.15, 0.2) is 72.8 Å². The van der Waals surface area contributed by atoms with Crippen LogP contribution < -0.4 is 14.4 Å². The maximum atomic E-state index is 10.5. The Kier molecular flexibility index (Phi) is 8.41. The van der Waals surface area contributed by atoms with Crippen LogP contribution in [0.5, 0.6) is 11.5 Å². The van der Waals surface area contributed by atoms with Crippen LogP contribution in [-0.2, 0) is 0 Å². The van der Waals surface area contributed by atoms with Gasteiger partial charge in [0.05, 0.1) is 7.11 Å². The smallest absolute Gasteiger partial charge is 0.119 e. The third-order valence-corrected chi connectivity index (χ3v) is 7.19. The highest BCUT2D eigenvalue weighted by atomic mass is 16.5. The Labute approximate surface area is 220 Å². The lowest BCUT2D eigenvalue weighted by atomic mass is 10.1. The van der Waals surface area contributed by atoms with Gasteiger partial charge in [0.2, 0.25) is 0 Å². The number of methoxy groups -OCH3 is 1. The number of rotatable bonds is 10. The van der Waals surface area contributed by atoms with Gasteiger partial charge in [-0.15, -0.1) is 0 Å². The molecule has 6 nitrogen and oxygen atoms in total. The summed E-state index contributed by atoms with van der Waals surface area (Å²) < 4.78 is 10.9. The molecule has 0 amide bonds. The van der Waals surface area contributed by atoms with Gasteiger partial charge in [-0.2, -0.15) is 0 Å². The molecule has 37 heavy (non-hydrogen) atoms. The standard InChI is InChI=1S/C31H37N3O3/c1-36-28-13-15-29(16-14-28)37-24-27(35)23-33-21-19-32(20-22-33)17-6-18-34-30-9-4-2-7-25(30)11-12-26-8-3-5-10-31(26)34/h2-5,7-16,27,35H,6,17-24H2,1H3. The average molecular weight is 500 g/mol. The fraction of sp³-hybridized carbons (Fsp3) is 0.355. The Bertz CT molecular complexity index is 1120. The molecule has 0 spiro atoms. The van der Waals surface area contributed by atoms with Crippen molar-refractivity contribution in [1.29, 1.82) is 0 Å². The molecule has 1 atom stereocenters. The first-order chi connectivity index (χ1) is 18.2. The van der Waals surface area contributed by atoms with Gasteiger partial charge in [0, 0.05) is 50.6 Å². The van der Waals surface area contributed by atoms with Gasteiger partial charge in [-0.1, -0.05) is 48.6 Å². The SMILES string of the molecule is COc1ccc(OCC(O)CN2CCN(CCCN3c4ccccc4C=Cc4ccccc43)CC2)cc1. The third kappa shape index (κ3) is 6.52. The summed E-state index contributed by atoms with van der Waals surface area (Å²) in [7, 11) is 1.64. The molecule has 3 aromatic rings. The van der Waals surface area contributed by atoms with E-state index < -0.39 is 6.10 Å². The number of para-hydroxylation sites is 2. The van der Waals surface area contributed by atoms with Gasteiger partial charge in [0.1, 0.15) is 24.2 Å². The van der Waals surface area contributed by atoms with Crippen molar-refractivity contribution >= 4 is 23.5 Å². The lowest BCUT2D eigenvalue weighted by Gasteiger charge is -2.36. The number of fused-ring (bicyclic) bond motifs is 2. The molecule has 0 saturated carbocycles. The first kappa shape index (κ1) is 25.3. The van der Waals surface area contributed by atoms with E-state index in [1.54, 1.807) is 7.11 Å². The van der Waals surface area contributed by atoms with Crippen molar-refractivity contribution in [3.05, 3.63) is 83.9 Å². The summed E-state index contributed by atoms with van der Waals surface area (Å²) in [4.78, 5) is 7.36. The molecule has 1 unspecified atom stereocenters. The molecule has 1 saturated heterocycles. The van der Waals surface area contributed by atoms with Crippen LogP contribution in [-0.4, -0.2) is 80.5 Å². The van der Waals surface area contributed by atoms with Crippen molar-refractivity contribution in [3.8, 4) is 11.5 Å². The Morgan fingerprint density at radius 3 is 1.92 bits per heavy atom. The van der Waals surface area contributed by atoms with Gasteiger partial charge in [0.25, 0.3) is 0 Å². The van der Waals surface area contributed by atoms with E-state index in [0.29, 0.717) is 13.2 Å². The van der Waals surface area contributed by atoms with Gasteiger partial charge in [0.15, 0.2) is 0 Å². The zero-order chi connectivity index (χ0) is 25.5. The van der Waals surface area contributed by atoms with E-state index in [1.165, 1.54) is 22.5 Å². The molecule has 1 fully saturated rings. The molecule has 2 aliphatic heterocycles. The molecular weight excluding hydrogens is 462 g/mol. The summed E-state index contributed by atoms with van der Waals surface area (Å²) >= 11 is 0. The molecule has 0 aromatic heterocycles. The van der Waals surface area contributed by atoms with E-state index in [-0.39, 0.29) is 0 Å². The maximum Gasteiger partial charge on any atom is 0.119 e. The summed E-state index contributed by atoms with van der Waals surface area (Å²) in [5, 5.41) is 10.5. The molecule has 3 aromatic carbocycles. The number of ether oxygens (including phenoxy) is 2. The fourth-order valence-electron chi connectivity index (χ4n) is 5.16. The summed E-state index contributed by atoms with van der Waals surface area (Å²) in [6.45, 7) is 6.99. The molecule has 5 rings (SSSR count). The van der Waals surface area contributed by atoms with E-state index in [9.17, 15) is 5.11 Å². The van der Waals surface area contributed by atoms with E-state index in [4.69, 9.17) is 9.47 Å². The van der Waals surface area contributed by atoms with Crippen LogP contribution in [0.2, 0.25) is 0 Å². The second-order valence-corrected chi connectivity index (χ2v) is 9.74. The van der Waals surface area contributed by atoms with Crippen LogP contribution in [0, 0.1) is 0 Å². The van der Waals surface area contributed by atoms with Gasteiger partial charge < -0.3 is 24.4 Å². The number of hydrogen-bond acceptors (Lipinski definition) is 6. The van der Waals surface area contributed by atoms with Gasteiger partial charge in [-0.3, -0.25) is 4.90 Å². The van der Waals surface area contributed by atoms with Crippen molar-refractivity contribution < 1.29 is 14.6 Å². The Balaban J connectivity index is 1.06. The van der Waals surface area contributed by atoms with Gasteiger partial charge in [-0.05, 0) is 60.5 Å². The third-order valence-electron chi connectivity index (χ3n) is 7.19. The highest BCUT2D eigenvalue weighted by Gasteiger charge is 2.21. The van der Waals surface area contributed by atoms with E-state index >= 15 is 0 Å². The number of anilines is 2. The molecule has 6 heteroatoms. The quantitative estimate of drug-likeness (QED) is 0.434. The molecular formula is C31H37N3O3. The van der Waals surface area contributed by atoms with Gasteiger partial charge >= 0.3 is 0 Å². The average Bonchev–Trinajstić information content (AvgIpc) is 3.10. The largest absolute Gasteiger partial charge is 0.497 e. The molecule has 0 bridgehead atoms. The van der Waals surface area contributed by atoms with Crippen molar-refractivity contribution in [2.45, 2.75) is 12.5 Å². The number of aliphatic hydroxyl groups excluding tert-OH is 1. The topological polar surface area (TPSA) is 48.4 Å². The minimum atomic E-state index is -0.509. The first-order valence-corrected chi connectivity index (χ1v) is 13.2. The second kappa shape index (κ2) is 12.3. The first-order valence-electron chi connectivity index (χ1n) is 13.2. The number of nitrogens with zero attached hydrogens (tertiary/aromatic N) is 3. The number of aliphatic hydroxyl groups is 1. The zero-order valence-electron chi connectivity index (χ0n) is 21.6. The predicted octanol–water partition coefficient (Wildman–Crippen LogP) is 4.76. The van der Waals surface area contributed by atoms with Crippen LogP contribution in [0.3, 0.4) is 0 Å². The minimum absolute atomic E-state index is 0.292. The maximum absolute atomic E-state index is 10.5. The lowest BCUT2D eigenvalue weighted by Crippen LogP contribution is -2.49. The van der Waals surface area contributed by atoms with Crippen molar-refractivity contribution in [2.75, 3.05) is 64.4 Å². The highest BCUT2D eigenvalue weighted by molar-refractivity contribution is 5.88. The van der Waals surface area contributed by atoms with E-state index in [2.05, 4.69) is 75.4 Å². The second-order valence-electron chi connectivity index (χ2n) is 9.74. The van der Waals surface area contributed by atoms with E-state index in [0.717, 1.165) is 57.2 Å². The number of β-amino-alcohol motifs (C(OH)–C–C–N with tert-alkyl or cyclic N) is 1. The van der Waals surface area contributed by atoms with Crippen molar-refractivity contribution in [2.24, 2.45) is 0 Å². The zero-order valence-corrected chi connectivity index (χ0v) is 21.6. The van der Waals surface area contributed by atoms with Crippen LogP contribution in [0.1, 0.15) is 17.5 Å². The molecule has 0 radical (unpaired) electrons. The van der Waals surface area contributed by atoms with Gasteiger partial charge in [-0.25, -0.2) is 0 Å². The Hall–Kier alpha value is -3.32. The van der Waals surface area contributed by atoms with Crippen molar-refractivity contribution in [3.63, 3.8) is 0 Å². The summed E-state index contributed by atoms with van der Waals surface area (Å²) in [5.74, 6) is 1.54. The lowest BCUT2D eigenvalue weighted by molar-refractivity contribution is 0.0460. The van der Waals surface area contributed by atoms with Crippen LogP contribution in [0.25, 0.3) is 12.2 Å². The van der Waals surface area contributed by atoms with Crippen molar-refractivity contribution in [1.82, 2.24) is 9.80 Å². The molecule has 194 valence electrons. The molecule has 1 N–H and O–H groups in total. The normalized spacial score (nSPS) is 16.5. The molecule has 2 heterocycles. The summed E-state index contributed by atoms with van der Waals surface area (Å²) in [6, 6.07) is 24.8. The Morgan fingerprint density at radius 2 is 1.30 bits per heavy atom. The Morgan fingerprint density at radius 1 is 0.730 bits per heavy atom. The fourth-order valence-corrected chi connectivity index (χ4v) is 5.16. The molecule has 2 aliphatic rings.